The number of hydrogen-bond donors (Lipinski definition) is 1. The Morgan fingerprint density at radius 3 is 1.92 bits per heavy atom. The first-order chi connectivity index (χ1) is 18.1. The van der Waals surface area contributed by atoms with Crippen molar-refractivity contribution in [2.24, 2.45) is 11.3 Å². The molecule has 1 N–H and O–H groups in total. The molecule has 0 spiro atoms. The number of hydrogen-bond acceptors (Lipinski definition) is 4. The molecule has 3 atom stereocenters. The first-order valence-electron chi connectivity index (χ1n) is 14.1. The summed E-state index contributed by atoms with van der Waals surface area (Å²) in [6.45, 7) is 16.3. The summed E-state index contributed by atoms with van der Waals surface area (Å²) in [7, 11) is -3.05. The normalized spacial score (nSPS) is 21.1. The molecule has 1 aliphatic rings. The third-order valence-corrected chi connectivity index (χ3v) is 13.3. The molecule has 0 radical (unpaired) electrons. The van der Waals surface area contributed by atoms with Crippen molar-refractivity contribution in [3.05, 3.63) is 72.3 Å². The lowest BCUT2D eigenvalue weighted by atomic mass is 9.64. The van der Waals surface area contributed by atoms with Crippen LogP contribution in [0.4, 0.5) is 0 Å². The zero-order chi connectivity index (χ0) is 29.1. The van der Waals surface area contributed by atoms with Gasteiger partial charge in [-0.2, -0.15) is 0 Å². The molecule has 5 nitrogen and oxygen atoms in total. The largest absolute Gasteiger partial charge is 0.478 e. The van der Waals surface area contributed by atoms with Gasteiger partial charge in [-0.3, -0.25) is 0 Å². The molecule has 2 aromatic rings. The van der Waals surface area contributed by atoms with E-state index in [1.807, 2.05) is 70.2 Å². The molecule has 3 rings (SSSR count). The van der Waals surface area contributed by atoms with E-state index in [2.05, 4.69) is 52.0 Å². The van der Waals surface area contributed by atoms with Crippen LogP contribution in [0.3, 0.4) is 0 Å². The lowest BCUT2D eigenvalue weighted by Crippen LogP contribution is -2.68. The maximum absolute atomic E-state index is 13.8. The second kappa shape index (κ2) is 11.8. The summed E-state index contributed by atoms with van der Waals surface area (Å²) in [6.07, 6.45) is 3.55. The van der Waals surface area contributed by atoms with E-state index in [1.165, 1.54) is 0 Å². The summed E-state index contributed by atoms with van der Waals surface area (Å²) in [4.78, 5) is 26.1. The van der Waals surface area contributed by atoms with Gasteiger partial charge in [-0.15, -0.1) is 0 Å². The van der Waals surface area contributed by atoms with Crippen molar-refractivity contribution in [2.45, 2.75) is 97.8 Å². The highest BCUT2D eigenvalue weighted by Crippen LogP contribution is 2.46. The summed E-state index contributed by atoms with van der Waals surface area (Å²) in [5.41, 5.74) is -0.813. The van der Waals surface area contributed by atoms with Crippen LogP contribution in [0.1, 0.15) is 81.1 Å². The van der Waals surface area contributed by atoms with Crippen LogP contribution in [0.2, 0.25) is 5.04 Å². The lowest BCUT2D eigenvalue weighted by molar-refractivity contribution is -0.164. The molecule has 0 fully saturated rings. The highest BCUT2D eigenvalue weighted by molar-refractivity contribution is 6.99. The highest BCUT2D eigenvalue weighted by Gasteiger charge is 2.53. The quantitative estimate of drug-likeness (QED) is 0.285. The van der Waals surface area contributed by atoms with Gasteiger partial charge in [-0.1, -0.05) is 101 Å². The predicted octanol–water partition coefficient (Wildman–Crippen LogP) is 6.50. The Labute approximate surface area is 235 Å². The maximum atomic E-state index is 13.8. The Morgan fingerprint density at radius 2 is 1.49 bits per heavy atom. The molecule has 0 saturated carbocycles. The minimum Gasteiger partial charge on any atom is -0.478 e. The van der Waals surface area contributed by atoms with E-state index in [-0.39, 0.29) is 11.0 Å². The Morgan fingerprint density at radius 1 is 0.974 bits per heavy atom. The minimum absolute atomic E-state index is 0.167. The van der Waals surface area contributed by atoms with E-state index in [9.17, 15) is 14.7 Å². The third kappa shape index (κ3) is 6.72. The van der Waals surface area contributed by atoms with Crippen LogP contribution < -0.4 is 10.4 Å². The topological polar surface area (TPSA) is 72.8 Å². The van der Waals surface area contributed by atoms with E-state index >= 15 is 0 Å². The number of carbonyl (C=O) groups excluding carboxylic acids is 1. The van der Waals surface area contributed by atoms with Crippen LogP contribution in [0.5, 0.6) is 0 Å². The number of rotatable bonds is 9. The minimum atomic E-state index is -3.05. The first kappa shape index (κ1) is 30.8. The van der Waals surface area contributed by atoms with E-state index in [4.69, 9.17) is 9.16 Å². The lowest BCUT2D eigenvalue weighted by Gasteiger charge is -2.46. The van der Waals surface area contributed by atoms with Gasteiger partial charge in [0.2, 0.25) is 0 Å². The van der Waals surface area contributed by atoms with Crippen molar-refractivity contribution in [1.82, 2.24) is 0 Å². The van der Waals surface area contributed by atoms with E-state index < -0.39 is 37.4 Å². The number of allylic oxidation sites excluding steroid dienone is 1. The fraction of sp³-hybridized carbons (Fsp3) is 0.515. The van der Waals surface area contributed by atoms with E-state index in [1.54, 1.807) is 0 Å². The first-order valence-corrected chi connectivity index (χ1v) is 16.0. The van der Waals surface area contributed by atoms with Gasteiger partial charge in [-0.25, -0.2) is 9.59 Å². The van der Waals surface area contributed by atoms with Crippen molar-refractivity contribution in [3.8, 4) is 0 Å². The predicted molar refractivity (Wildman–Crippen MR) is 160 cm³/mol. The summed E-state index contributed by atoms with van der Waals surface area (Å²) in [5.74, 6) is -1.12. The van der Waals surface area contributed by atoms with E-state index in [0.717, 1.165) is 23.2 Å². The van der Waals surface area contributed by atoms with Gasteiger partial charge in [0.05, 0.1) is 0 Å². The zero-order valence-electron chi connectivity index (χ0n) is 24.9. The van der Waals surface area contributed by atoms with E-state index in [0.29, 0.717) is 18.4 Å². The van der Waals surface area contributed by atoms with Gasteiger partial charge in [-0.05, 0) is 67.8 Å². The van der Waals surface area contributed by atoms with Gasteiger partial charge in [0.1, 0.15) is 11.7 Å². The van der Waals surface area contributed by atoms with Crippen LogP contribution in [-0.4, -0.2) is 37.1 Å². The summed E-state index contributed by atoms with van der Waals surface area (Å²) in [5, 5.41) is 11.9. The molecular formula is C33H46O5Si. The molecule has 1 aliphatic carbocycles. The van der Waals surface area contributed by atoms with Crippen molar-refractivity contribution >= 4 is 30.6 Å². The zero-order valence-corrected chi connectivity index (χ0v) is 25.9. The second-order valence-corrected chi connectivity index (χ2v) is 17.4. The highest BCUT2D eigenvalue weighted by atomic mass is 28.4. The van der Waals surface area contributed by atoms with Crippen molar-refractivity contribution < 1.29 is 23.9 Å². The molecule has 0 unspecified atom stereocenters. The van der Waals surface area contributed by atoms with Gasteiger partial charge in [0, 0.05) is 11.0 Å². The molecule has 0 bridgehead atoms. The van der Waals surface area contributed by atoms with Gasteiger partial charge in [0.15, 0.2) is 0 Å². The smallest absolute Gasteiger partial charge is 0.334 e. The Balaban J connectivity index is 2.13. The van der Waals surface area contributed by atoms with Crippen LogP contribution in [0.25, 0.3) is 0 Å². The summed E-state index contributed by atoms with van der Waals surface area (Å²) >= 11 is 0. The third-order valence-electron chi connectivity index (χ3n) is 8.21. The Hall–Kier alpha value is -2.70. The molecule has 0 aromatic heterocycles. The van der Waals surface area contributed by atoms with Crippen LogP contribution in [0, 0.1) is 11.3 Å². The van der Waals surface area contributed by atoms with Gasteiger partial charge >= 0.3 is 11.9 Å². The summed E-state index contributed by atoms with van der Waals surface area (Å²) in [6, 6.07) is 20.5. The van der Waals surface area contributed by atoms with Crippen LogP contribution >= 0.6 is 0 Å². The molecule has 0 saturated heterocycles. The number of carboxylic acid groups (broad SMARTS) is 1. The second-order valence-electron chi connectivity index (χ2n) is 13.2. The summed E-state index contributed by atoms with van der Waals surface area (Å²) < 4.78 is 13.2. The molecule has 39 heavy (non-hydrogen) atoms. The number of carboxylic acids is 1. The number of ether oxygens (including phenoxy) is 1. The fourth-order valence-corrected chi connectivity index (χ4v) is 10.6. The molecule has 2 aromatic carbocycles. The molecule has 0 heterocycles. The Kier molecular flexibility index (Phi) is 9.34. The average molecular weight is 551 g/mol. The number of carbonyl (C=O) groups is 2. The van der Waals surface area contributed by atoms with Crippen LogP contribution in [0.15, 0.2) is 72.3 Å². The van der Waals surface area contributed by atoms with Crippen molar-refractivity contribution in [1.29, 1.82) is 0 Å². The molecule has 212 valence electrons. The monoisotopic (exact) mass is 550 g/mol. The molecule has 0 amide bonds. The SMILES string of the molecule is C[C@H]1CCC=C(C(=O)O)[C@]1(C)CC[C@H](O[Si](c1ccccc1)(c1ccccc1)C(C)(C)C)C(=O)OC(C)(C)C. The standard InChI is InChI=1S/C33H46O5Si/c1-24-16-15-21-27(29(34)35)33(24,8)23-22-28(30(36)37-31(2,3)4)38-39(32(5,6)7,25-17-11-9-12-18-25)26-19-13-10-14-20-26/h9-14,17-21,24,28H,15-16,22-23H2,1-8H3,(H,34,35)/t24-,28-,33+/m0/s1. The molecule has 0 aliphatic heterocycles. The number of aliphatic carboxylic acids is 1. The van der Waals surface area contributed by atoms with Crippen molar-refractivity contribution in [3.63, 3.8) is 0 Å². The number of esters is 1. The average Bonchev–Trinajstić information content (AvgIpc) is 2.85. The number of benzene rings is 2. The Bertz CT molecular complexity index is 1120. The maximum Gasteiger partial charge on any atom is 0.334 e. The van der Waals surface area contributed by atoms with Crippen LogP contribution in [-0.2, 0) is 18.8 Å². The molecule has 6 heteroatoms. The molecular weight excluding hydrogens is 504 g/mol. The van der Waals surface area contributed by atoms with Gasteiger partial charge in [0.25, 0.3) is 8.32 Å². The van der Waals surface area contributed by atoms with Crippen molar-refractivity contribution in [2.75, 3.05) is 0 Å². The fourth-order valence-electron chi connectivity index (χ4n) is 5.94. The van der Waals surface area contributed by atoms with Gasteiger partial charge < -0.3 is 14.3 Å².